The Morgan fingerprint density at radius 3 is 2.40 bits per heavy atom. The molecule has 0 aromatic heterocycles. The molecule has 1 aromatic carbocycles. The highest BCUT2D eigenvalue weighted by Gasteiger charge is 2.15. The van der Waals surface area contributed by atoms with Crippen LogP contribution in [-0.4, -0.2) is 40.0 Å². The van der Waals surface area contributed by atoms with Gasteiger partial charge in [0.1, 0.15) is 0 Å². The summed E-state index contributed by atoms with van der Waals surface area (Å²) in [5.41, 5.74) is 1.07. The van der Waals surface area contributed by atoms with E-state index < -0.39 is 10.0 Å². The number of hydrogen-bond acceptors (Lipinski definition) is 4. The molecule has 1 aliphatic rings. The van der Waals surface area contributed by atoms with Crippen molar-refractivity contribution in [2.24, 2.45) is 11.1 Å². The number of benzene rings is 1. The van der Waals surface area contributed by atoms with Crippen molar-refractivity contribution in [2.75, 3.05) is 26.7 Å². The predicted octanol–water partition coefficient (Wildman–Crippen LogP) is 0.765. The van der Waals surface area contributed by atoms with Gasteiger partial charge in [0.05, 0.1) is 4.90 Å². The number of piperidine rings is 1. The highest BCUT2D eigenvalue weighted by atomic mass is 32.2. The molecule has 0 saturated carbocycles. The fourth-order valence-electron chi connectivity index (χ4n) is 2.48. The summed E-state index contributed by atoms with van der Waals surface area (Å²) in [6.07, 6.45) is 2.49. The van der Waals surface area contributed by atoms with E-state index in [0.29, 0.717) is 0 Å². The Labute approximate surface area is 121 Å². The normalized spacial score (nSPS) is 18.3. The lowest BCUT2D eigenvalue weighted by atomic mass is 9.97. The van der Waals surface area contributed by atoms with Gasteiger partial charge >= 0.3 is 0 Å². The number of hydrogen-bond donors (Lipinski definition) is 2. The lowest BCUT2D eigenvalue weighted by Gasteiger charge is -2.29. The van der Waals surface area contributed by atoms with Gasteiger partial charge in [-0.05, 0) is 63.1 Å². The number of rotatable bonds is 5. The maximum Gasteiger partial charge on any atom is 0.238 e. The topological polar surface area (TPSA) is 75.4 Å². The van der Waals surface area contributed by atoms with Gasteiger partial charge in [-0.15, -0.1) is 0 Å². The molecule has 0 spiro atoms. The molecule has 1 heterocycles. The smallest absolute Gasteiger partial charge is 0.238 e. The zero-order valence-corrected chi connectivity index (χ0v) is 12.7. The average molecular weight is 297 g/mol. The Hall–Kier alpha value is -0.950. The first-order valence-corrected chi connectivity index (χ1v) is 8.51. The van der Waals surface area contributed by atoms with E-state index in [0.717, 1.165) is 24.6 Å². The molecule has 112 valence electrons. The largest absolute Gasteiger partial charge is 0.312 e. The first-order valence-electron chi connectivity index (χ1n) is 6.96. The minimum Gasteiger partial charge on any atom is -0.312 e. The molecule has 0 unspecified atom stereocenters. The summed E-state index contributed by atoms with van der Waals surface area (Å²) in [5.74, 6) is 0.745. The summed E-state index contributed by atoms with van der Waals surface area (Å²) in [4.78, 5) is 2.53. The van der Waals surface area contributed by atoms with Gasteiger partial charge in [-0.1, -0.05) is 12.1 Å². The SMILES string of the molecule is CN1CCC(CNCc2ccc(S(N)(=O)=O)cc2)CC1. The molecule has 0 amide bonds. The molecular formula is C14H23N3O2S. The Balaban J connectivity index is 1.77. The number of nitrogens with one attached hydrogen (secondary N) is 1. The Morgan fingerprint density at radius 1 is 1.25 bits per heavy atom. The highest BCUT2D eigenvalue weighted by Crippen LogP contribution is 2.15. The summed E-state index contributed by atoms with van der Waals surface area (Å²) >= 11 is 0. The van der Waals surface area contributed by atoms with Crippen LogP contribution in [0.15, 0.2) is 29.2 Å². The lowest BCUT2D eigenvalue weighted by molar-refractivity contribution is 0.216. The van der Waals surface area contributed by atoms with Gasteiger partial charge in [0.2, 0.25) is 10.0 Å². The first kappa shape index (κ1) is 15.4. The average Bonchev–Trinajstić information content (AvgIpc) is 2.41. The Bertz CT molecular complexity index is 520. The van der Waals surface area contributed by atoms with Crippen LogP contribution in [0.2, 0.25) is 0 Å². The summed E-state index contributed by atoms with van der Waals surface area (Å²) in [5, 5.41) is 8.51. The fraction of sp³-hybridized carbons (Fsp3) is 0.571. The standard InChI is InChI=1S/C14H23N3O2S/c1-17-8-6-13(7-9-17)11-16-10-12-2-4-14(5-3-12)20(15,18)19/h2-5,13,16H,6-11H2,1H3,(H2,15,18,19). The first-order chi connectivity index (χ1) is 9.45. The Morgan fingerprint density at radius 2 is 1.85 bits per heavy atom. The van der Waals surface area contributed by atoms with E-state index in [1.165, 1.54) is 25.9 Å². The second-order valence-corrected chi connectivity index (χ2v) is 7.13. The Kier molecular flexibility index (Phi) is 5.15. The van der Waals surface area contributed by atoms with Crippen molar-refractivity contribution in [3.05, 3.63) is 29.8 Å². The van der Waals surface area contributed by atoms with E-state index in [-0.39, 0.29) is 4.90 Å². The zero-order valence-electron chi connectivity index (χ0n) is 11.9. The second kappa shape index (κ2) is 6.67. The summed E-state index contributed by atoms with van der Waals surface area (Å²) in [7, 11) is -1.42. The number of sulfonamides is 1. The molecule has 1 fully saturated rings. The van der Waals surface area contributed by atoms with Gasteiger partial charge in [0.25, 0.3) is 0 Å². The highest BCUT2D eigenvalue weighted by molar-refractivity contribution is 7.89. The maximum absolute atomic E-state index is 11.1. The molecule has 20 heavy (non-hydrogen) atoms. The molecule has 1 saturated heterocycles. The molecule has 0 bridgehead atoms. The molecule has 0 aliphatic carbocycles. The summed E-state index contributed by atoms with van der Waals surface area (Å²) in [6.45, 7) is 4.13. The van der Waals surface area contributed by atoms with Gasteiger partial charge in [0.15, 0.2) is 0 Å². The van der Waals surface area contributed by atoms with E-state index in [1.807, 2.05) is 0 Å². The summed E-state index contributed by atoms with van der Waals surface area (Å²) in [6, 6.07) is 6.73. The molecule has 1 aromatic rings. The van der Waals surface area contributed by atoms with Crippen LogP contribution < -0.4 is 10.5 Å². The van der Waals surface area contributed by atoms with Crippen LogP contribution in [-0.2, 0) is 16.6 Å². The molecule has 1 aliphatic heterocycles. The van der Waals surface area contributed by atoms with Crippen molar-refractivity contribution in [2.45, 2.75) is 24.3 Å². The van der Waals surface area contributed by atoms with E-state index in [9.17, 15) is 8.42 Å². The van der Waals surface area contributed by atoms with Crippen molar-refractivity contribution < 1.29 is 8.42 Å². The number of primary sulfonamides is 1. The van der Waals surface area contributed by atoms with E-state index in [1.54, 1.807) is 24.3 Å². The molecule has 5 nitrogen and oxygen atoms in total. The van der Waals surface area contributed by atoms with Gasteiger partial charge in [-0.3, -0.25) is 0 Å². The van der Waals surface area contributed by atoms with Crippen molar-refractivity contribution in [3.63, 3.8) is 0 Å². The van der Waals surface area contributed by atoms with Crippen molar-refractivity contribution in [1.29, 1.82) is 0 Å². The quantitative estimate of drug-likeness (QED) is 0.841. The fourth-order valence-corrected chi connectivity index (χ4v) is 3.00. The van der Waals surface area contributed by atoms with Crippen LogP contribution in [0.4, 0.5) is 0 Å². The minimum absolute atomic E-state index is 0.163. The van der Waals surface area contributed by atoms with Crippen LogP contribution in [0.5, 0.6) is 0 Å². The van der Waals surface area contributed by atoms with Crippen LogP contribution in [0.25, 0.3) is 0 Å². The van der Waals surface area contributed by atoms with Crippen LogP contribution in [0.3, 0.4) is 0 Å². The third-order valence-corrected chi connectivity index (χ3v) is 4.78. The monoisotopic (exact) mass is 297 g/mol. The van der Waals surface area contributed by atoms with E-state index in [4.69, 9.17) is 5.14 Å². The van der Waals surface area contributed by atoms with Gasteiger partial charge in [0, 0.05) is 6.54 Å². The molecular weight excluding hydrogens is 274 g/mol. The number of nitrogens with two attached hydrogens (primary N) is 1. The lowest BCUT2D eigenvalue weighted by Crippen LogP contribution is -2.34. The molecule has 2 rings (SSSR count). The predicted molar refractivity (Wildman–Crippen MR) is 79.7 cm³/mol. The number of nitrogens with zero attached hydrogens (tertiary/aromatic N) is 1. The van der Waals surface area contributed by atoms with Crippen molar-refractivity contribution >= 4 is 10.0 Å². The number of likely N-dealkylation sites (tertiary alicyclic amines) is 1. The second-order valence-electron chi connectivity index (χ2n) is 5.57. The minimum atomic E-state index is -3.59. The zero-order chi connectivity index (χ0) is 14.6. The van der Waals surface area contributed by atoms with Crippen molar-refractivity contribution in [1.82, 2.24) is 10.2 Å². The van der Waals surface area contributed by atoms with Gasteiger partial charge in [-0.2, -0.15) is 0 Å². The van der Waals surface area contributed by atoms with Gasteiger partial charge in [-0.25, -0.2) is 13.6 Å². The third kappa shape index (κ3) is 4.56. The molecule has 0 radical (unpaired) electrons. The third-order valence-electron chi connectivity index (χ3n) is 3.85. The molecule has 6 heteroatoms. The van der Waals surface area contributed by atoms with Crippen LogP contribution >= 0.6 is 0 Å². The van der Waals surface area contributed by atoms with Crippen molar-refractivity contribution in [3.8, 4) is 0 Å². The molecule has 3 N–H and O–H groups in total. The summed E-state index contributed by atoms with van der Waals surface area (Å²) < 4.78 is 22.3. The van der Waals surface area contributed by atoms with Gasteiger partial charge < -0.3 is 10.2 Å². The van der Waals surface area contributed by atoms with E-state index in [2.05, 4.69) is 17.3 Å². The van der Waals surface area contributed by atoms with E-state index >= 15 is 0 Å². The van der Waals surface area contributed by atoms with Crippen LogP contribution in [0.1, 0.15) is 18.4 Å². The molecule has 0 atom stereocenters. The van der Waals surface area contributed by atoms with Crippen LogP contribution in [0, 0.1) is 5.92 Å². The maximum atomic E-state index is 11.1.